The van der Waals surface area contributed by atoms with E-state index in [2.05, 4.69) is 73.7 Å². The Morgan fingerprint density at radius 2 is 1.45 bits per heavy atom. The van der Waals surface area contributed by atoms with Gasteiger partial charge in [0.05, 0.1) is 0 Å². The van der Waals surface area contributed by atoms with Gasteiger partial charge in [-0.3, -0.25) is 0 Å². The molecule has 0 aliphatic heterocycles. The minimum absolute atomic E-state index is 1.16. The lowest BCUT2D eigenvalue weighted by Crippen LogP contribution is -1.83. The summed E-state index contributed by atoms with van der Waals surface area (Å²) in [4.78, 5) is 0. The van der Waals surface area contributed by atoms with Crippen LogP contribution < -0.4 is 0 Å². The molecule has 0 amide bonds. The average molecular weight is 260 g/mol. The van der Waals surface area contributed by atoms with Crippen molar-refractivity contribution >= 4 is 27.6 Å². The van der Waals surface area contributed by atoms with Gasteiger partial charge in [-0.05, 0) is 39.6 Å². The lowest BCUT2D eigenvalue weighted by Gasteiger charge is -2.08. The first-order chi connectivity index (χ1) is 9.90. The van der Waals surface area contributed by atoms with E-state index < -0.39 is 0 Å². The third kappa shape index (κ3) is 2.46. The number of fused-ring (bicyclic) bond motifs is 2. The van der Waals surface area contributed by atoms with Crippen molar-refractivity contribution in [3.8, 4) is 0 Å². The predicted octanol–water partition coefficient (Wildman–Crippen LogP) is 6.20. The van der Waals surface area contributed by atoms with Crippen LogP contribution in [-0.4, -0.2) is 0 Å². The maximum atomic E-state index is 2.32. The van der Waals surface area contributed by atoms with Crippen LogP contribution in [-0.2, 0) is 0 Å². The monoisotopic (exact) mass is 260 g/mol. The number of hydrogen-bond acceptors (Lipinski definition) is 0. The van der Waals surface area contributed by atoms with Crippen molar-refractivity contribution in [2.24, 2.45) is 0 Å². The summed E-state index contributed by atoms with van der Waals surface area (Å²) in [6, 6.07) is 19.6. The van der Waals surface area contributed by atoms with Gasteiger partial charge >= 0.3 is 0 Å². The van der Waals surface area contributed by atoms with E-state index in [4.69, 9.17) is 0 Å². The summed E-state index contributed by atoms with van der Waals surface area (Å²) in [6.07, 6.45) is 8.30. The zero-order valence-electron chi connectivity index (χ0n) is 12.0. The molecule has 0 heteroatoms. The van der Waals surface area contributed by atoms with Gasteiger partial charge < -0.3 is 0 Å². The van der Waals surface area contributed by atoms with Gasteiger partial charge in [0.2, 0.25) is 0 Å². The maximum Gasteiger partial charge on any atom is -0.0103 e. The normalized spacial score (nSPS) is 11.7. The number of rotatable bonds is 4. The van der Waals surface area contributed by atoms with E-state index in [1.165, 1.54) is 39.9 Å². The fourth-order valence-corrected chi connectivity index (χ4v) is 2.75. The minimum atomic E-state index is 1.16. The van der Waals surface area contributed by atoms with Gasteiger partial charge in [0.15, 0.2) is 0 Å². The summed E-state index contributed by atoms with van der Waals surface area (Å²) in [6.45, 7) is 2.24. The number of allylic oxidation sites excluding steroid dienone is 1. The van der Waals surface area contributed by atoms with E-state index in [0.29, 0.717) is 0 Å². The highest BCUT2D eigenvalue weighted by atomic mass is 14.1. The molecule has 0 fully saturated rings. The number of unbranched alkanes of at least 4 members (excludes halogenated alkanes) is 2. The Morgan fingerprint density at radius 1 is 0.850 bits per heavy atom. The molecule has 0 saturated heterocycles. The molecule has 0 atom stereocenters. The lowest BCUT2D eigenvalue weighted by atomic mass is 9.96. The molecule has 3 rings (SSSR count). The van der Waals surface area contributed by atoms with Gasteiger partial charge in [0.1, 0.15) is 0 Å². The second-order valence-electron chi connectivity index (χ2n) is 5.28. The Kier molecular flexibility index (Phi) is 3.83. The lowest BCUT2D eigenvalue weighted by molar-refractivity contribution is 0.816. The van der Waals surface area contributed by atoms with Gasteiger partial charge in [-0.15, -0.1) is 0 Å². The van der Waals surface area contributed by atoms with Crippen molar-refractivity contribution in [3.05, 3.63) is 66.2 Å². The molecule has 0 aliphatic carbocycles. The SMILES string of the molecule is CCCC/C=C/c1c2ccccc2cc2ccccc12. The van der Waals surface area contributed by atoms with Crippen LogP contribution >= 0.6 is 0 Å². The van der Waals surface area contributed by atoms with E-state index in [1.807, 2.05) is 0 Å². The van der Waals surface area contributed by atoms with Crippen molar-refractivity contribution in [2.45, 2.75) is 26.2 Å². The van der Waals surface area contributed by atoms with Crippen LogP contribution in [0.3, 0.4) is 0 Å². The highest BCUT2D eigenvalue weighted by molar-refractivity contribution is 6.06. The Balaban J connectivity index is 2.20. The summed E-state index contributed by atoms with van der Waals surface area (Å²) >= 11 is 0. The molecule has 0 unspecified atom stereocenters. The predicted molar refractivity (Wildman–Crippen MR) is 90.0 cm³/mol. The quantitative estimate of drug-likeness (QED) is 0.387. The van der Waals surface area contributed by atoms with Gasteiger partial charge in [-0.1, -0.05) is 80.4 Å². The van der Waals surface area contributed by atoms with Crippen molar-refractivity contribution < 1.29 is 0 Å². The molecule has 20 heavy (non-hydrogen) atoms. The van der Waals surface area contributed by atoms with E-state index in [1.54, 1.807) is 0 Å². The van der Waals surface area contributed by atoms with Crippen LogP contribution in [0.4, 0.5) is 0 Å². The third-order valence-corrected chi connectivity index (χ3v) is 3.82. The molecule has 0 aliphatic rings. The Morgan fingerprint density at radius 3 is 2.05 bits per heavy atom. The molecule has 100 valence electrons. The molecule has 0 saturated carbocycles. The van der Waals surface area contributed by atoms with Crippen LogP contribution in [0.2, 0.25) is 0 Å². The van der Waals surface area contributed by atoms with Crippen LogP contribution in [0.25, 0.3) is 27.6 Å². The van der Waals surface area contributed by atoms with Gasteiger partial charge in [-0.2, -0.15) is 0 Å². The van der Waals surface area contributed by atoms with E-state index in [9.17, 15) is 0 Å². The smallest absolute Gasteiger partial charge is 0.0103 e. The van der Waals surface area contributed by atoms with Crippen molar-refractivity contribution in [2.75, 3.05) is 0 Å². The van der Waals surface area contributed by atoms with E-state index >= 15 is 0 Å². The Labute approximate surface area is 120 Å². The average Bonchev–Trinajstić information content (AvgIpc) is 2.50. The van der Waals surface area contributed by atoms with Crippen molar-refractivity contribution in [1.82, 2.24) is 0 Å². The molecule has 0 spiro atoms. The highest BCUT2D eigenvalue weighted by Crippen LogP contribution is 2.29. The summed E-state index contributed by atoms with van der Waals surface area (Å²) in [5.74, 6) is 0. The topological polar surface area (TPSA) is 0 Å². The van der Waals surface area contributed by atoms with Gasteiger partial charge in [-0.25, -0.2) is 0 Å². The first-order valence-electron chi connectivity index (χ1n) is 7.47. The first kappa shape index (κ1) is 12.9. The number of benzene rings is 3. The molecule has 3 aromatic carbocycles. The minimum Gasteiger partial charge on any atom is -0.0839 e. The second kappa shape index (κ2) is 5.92. The molecule has 0 heterocycles. The van der Waals surface area contributed by atoms with Crippen LogP contribution in [0.15, 0.2) is 60.7 Å². The highest BCUT2D eigenvalue weighted by Gasteiger charge is 2.04. The van der Waals surface area contributed by atoms with E-state index in [0.717, 1.165) is 6.42 Å². The molecule has 0 radical (unpaired) electrons. The molecule has 0 aromatic heterocycles. The molecule has 0 N–H and O–H groups in total. The zero-order valence-corrected chi connectivity index (χ0v) is 12.0. The summed E-state index contributed by atoms with van der Waals surface area (Å²) in [5.41, 5.74) is 1.36. The Bertz CT molecular complexity index is 696. The van der Waals surface area contributed by atoms with E-state index in [-0.39, 0.29) is 0 Å². The van der Waals surface area contributed by atoms with Crippen LogP contribution in [0.5, 0.6) is 0 Å². The van der Waals surface area contributed by atoms with Crippen LogP contribution in [0.1, 0.15) is 31.7 Å². The summed E-state index contributed by atoms with van der Waals surface area (Å²) < 4.78 is 0. The zero-order chi connectivity index (χ0) is 13.8. The maximum absolute atomic E-state index is 2.32. The van der Waals surface area contributed by atoms with Gasteiger partial charge in [0.25, 0.3) is 0 Å². The van der Waals surface area contributed by atoms with Crippen LogP contribution in [0, 0.1) is 0 Å². The molecular formula is C20H20. The largest absolute Gasteiger partial charge is 0.0839 e. The van der Waals surface area contributed by atoms with Crippen molar-refractivity contribution in [1.29, 1.82) is 0 Å². The summed E-state index contributed by atoms with van der Waals surface area (Å²) in [7, 11) is 0. The second-order valence-corrected chi connectivity index (χ2v) is 5.28. The molecular weight excluding hydrogens is 240 g/mol. The molecule has 0 bridgehead atoms. The van der Waals surface area contributed by atoms with Gasteiger partial charge in [0, 0.05) is 0 Å². The molecule has 0 nitrogen and oxygen atoms in total. The summed E-state index contributed by atoms with van der Waals surface area (Å²) in [5, 5.41) is 5.33. The fourth-order valence-electron chi connectivity index (χ4n) is 2.75. The standard InChI is InChI=1S/C20H20/c1-2-3-4-5-14-20-18-12-8-6-10-16(18)15-17-11-7-9-13-19(17)20/h5-15H,2-4H2,1H3/b14-5+. The Hall–Kier alpha value is -2.08. The molecule has 3 aromatic rings. The first-order valence-corrected chi connectivity index (χ1v) is 7.47. The number of hydrogen-bond donors (Lipinski definition) is 0. The fraction of sp³-hybridized carbons (Fsp3) is 0.200. The van der Waals surface area contributed by atoms with Crippen molar-refractivity contribution in [3.63, 3.8) is 0 Å². The third-order valence-electron chi connectivity index (χ3n) is 3.82.